The quantitative estimate of drug-likeness (QED) is 0.804. The van der Waals surface area contributed by atoms with E-state index in [1.165, 1.54) is 19.1 Å². The van der Waals surface area contributed by atoms with Gasteiger partial charge in [-0.15, -0.1) is 0 Å². The Morgan fingerprint density at radius 3 is 2.71 bits per heavy atom. The number of allylic oxidation sites excluding steroid dienone is 1. The molecular formula is C19H15FO4. The van der Waals surface area contributed by atoms with E-state index in [4.69, 9.17) is 9.47 Å². The number of Topliss-reactive ketones (excluding diaryl/α,β-unsaturated/α-hetero) is 2. The average molecular weight is 326 g/mol. The Hall–Kier alpha value is -2.95. The summed E-state index contributed by atoms with van der Waals surface area (Å²) < 4.78 is 24.8. The Kier molecular flexibility index (Phi) is 4.16. The van der Waals surface area contributed by atoms with Crippen molar-refractivity contribution in [2.24, 2.45) is 0 Å². The lowest BCUT2D eigenvalue weighted by molar-refractivity contribution is -0.118. The Morgan fingerprint density at radius 2 is 2.00 bits per heavy atom. The maximum absolute atomic E-state index is 13.8. The highest BCUT2D eigenvalue weighted by molar-refractivity contribution is 6.15. The fourth-order valence-electron chi connectivity index (χ4n) is 2.44. The number of halogens is 1. The van der Waals surface area contributed by atoms with E-state index >= 15 is 0 Å². The van der Waals surface area contributed by atoms with E-state index < -0.39 is 5.82 Å². The maximum Gasteiger partial charge on any atom is 0.231 e. The van der Waals surface area contributed by atoms with Gasteiger partial charge in [-0.25, -0.2) is 4.39 Å². The van der Waals surface area contributed by atoms with Gasteiger partial charge in [0.15, 0.2) is 11.5 Å². The van der Waals surface area contributed by atoms with Gasteiger partial charge in [-0.3, -0.25) is 9.59 Å². The molecule has 1 aliphatic heterocycles. The standard InChI is InChI=1S/C19H15FO4/c1-11(21)10-23-16-8-7-14-18(22)17(24-19(14)12(16)2)9-13-5-3-4-6-15(13)20/h3-9H,10H2,1-2H3/b17-9-. The fourth-order valence-corrected chi connectivity index (χ4v) is 2.44. The van der Waals surface area contributed by atoms with Gasteiger partial charge in [0, 0.05) is 11.1 Å². The molecule has 1 heterocycles. The van der Waals surface area contributed by atoms with Gasteiger partial charge in [-0.05, 0) is 38.1 Å². The summed E-state index contributed by atoms with van der Waals surface area (Å²) in [5, 5.41) is 0. The van der Waals surface area contributed by atoms with Gasteiger partial charge in [0.05, 0.1) is 5.56 Å². The maximum atomic E-state index is 13.8. The van der Waals surface area contributed by atoms with Crippen molar-refractivity contribution in [1.82, 2.24) is 0 Å². The van der Waals surface area contributed by atoms with E-state index in [2.05, 4.69) is 0 Å². The second-order valence-corrected chi connectivity index (χ2v) is 5.52. The van der Waals surface area contributed by atoms with Crippen molar-refractivity contribution >= 4 is 17.6 Å². The fraction of sp³-hybridized carbons (Fsp3) is 0.158. The molecular weight excluding hydrogens is 311 g/mol. The van der Waals surface area contributed by atoms with Crippen LogP contribution in [0.1, 0.15) is 28.4 Å². The van der Waals surface area contributed by atoms with Crippen LogP contribution in [0.2, 0.25) is 0 Å². The lowest BCUT2D eigenvalue weighted by Crippen LogP contribution is -2.07. The zero-order valence-corrected chi connectivity index (χ0v) is 13.3. The number of carbonyl (C=O) groups is 2. The summed E-state index contributed by atoms with van der Waals surface area (Å²) in [5.74, 6) is 0.0653. The van der Waals surface area contributed by atoms with Crippen molar-refractivity contribution in [3.63, 3.8) is 0 Å². The molecule has 0 unspecified atom stereocenters. The van der Waals surface area contributed by atoms with Crippen LogP contribution in [-0.2, 0) is 4.79 Å². The van der Waals surface area contributed by atoms with Crippen molar-refractivity contribution in [3.8, 4) is 11.5 Å². The van der Waals surface area contributed by atoms with Gasteiger partial charge in [0.2, 0.25) is 5.78 Å². The third kappa shape index (κ3) is 2.93. The van der Waals surface area contributed by atoms with E-state index in [1.54, 1.807) is 37.3 Å². The molecule has 2 aromatic rings. The van der Waals surface area contributed by atoms with Crippen LogP contribution in [0.3, 0.4) is 0 Å². The highest BCUT2D eigenvalue weighted by atomic mass is 19.1. The molecule has 24 heavy (non-hydrogen) atoms. The first-order valence-corrected chi connectivity index (χ1v) is 7.42. The first-order valence-electron chi connectivity index (χ1n) is 7.42. The van der Waals surface area contributed by atoms with Gasteiger partial charge in [0.1, 0.15) is 23.9 Å². The van der Waals surface area contributed by atoms with Crippen molar-refractivity contribution in [3.05, 3.63) is 64.7 Å². The SMILES string of the molecule is CC(=O)COc1ccc2c(c1C)O/C(=C\c1ccccc1F)C2=O. The Labute approximate surface area is 138 Å². The summed E-state index contributed by atoms with van der Waals surface area (Å²) >= 11 is 0. The van der Waals surface area contributed by atoms with E-state index in [0.29, 0.717) is 22.6 Å². The minimum absolute atomic E-state index is 0.0501. The van der Waals surface area contributed by atoms with Crippen molar-refractivity contribution < 1.29 is 23.5 Å². The number of hydrogen-bond donors (Lipinski definition) is 0. The van der Waals surface area contributed by atoms with Crippen LogP contribution in [0.25, 0.3) is 6.08 Å². The molecule has 3 rings (SSSR count). The number of rotatable bonds is 4. The second-order valence-electron chi connectivity index (χ2n) is 5.52. The lowest BCUT2D eigenvalue weighted by Gasteiger charge is -2.10. The summed E-state index contributed by atoms with van der Waals surface area (Å²) in [6.45, 7) is 3.12. The first kappa shape index (κ1) is 15.9. The molecule has 2 aromatic carbocycles. The first-order chi connectivity index (χ1) is 11.5. The molecule has 1 aliphatic rings. The molecule has 0 N–H and O–H groups in total. The topological polar surface area (TPSA) is 52.6 Å². The number of benzene rings is 2. The number of ether oxygens (including phenoxy) is 2. The monoisotopic (exact) mass is 326 g/mol. The van der Waals surface area contributed by atoms with Crippen LogP contribution >= 0.6 is 0 Å². The zero-order chi connectivity index (χ0) is 17.3. The number of carbonyl (C=O) groups excluding carboxylic acids is 2. The number of fused-ring (bicyclic) bond motifs is 1. The van der Waals surface area contributed by atoms with Crippen molar-refractivity contribution in [1.29, 1.82) is 0 Å². The average Bonchev–Trinajstić information content (AvgIpc) is 2.86. The van der Waals surface area contributed by atoms with E-state index in [0.717, 1.165) is 0 Å². The largest absolute Gasteiger partial charge is 0.485 e. The zero-order valence-electron chi connectivity index (χ0n) is 13.3. The highest BCUT2D eigenvalue weighted by Crippen LogP contribution is 2.39. The predicted molar refractivity (Wildman–Crippen MR) is 86.7 cm³/mol. The van der Waals surface area contributed by atoms with Gasteiger partial charge < -0.3 is 9.47 Å². The van der Waals surface area contributed by atoms with E-state index in [9.17, 15) is 14.0 Å². The molecule has 0 atom stereocenters. The van der Waals surface area contributed by atoms with Crippen LogP contribution in [0, 0.1) is 12.7 Å². The molecule has 4 nitrogen and oxygen atoms in total. The van der Waals surface area contributed by atoms with Crippen molar-refractivity contribution in [2.45, 2.75) is 13.8 Å². The van der Waals surface area contributed by atoms with Gasteiger partial charge in [-0.1, -0.05) is 18.2 Å². The minimum atomic E-state index is -0.431. The third-order valence-electron chi connectivity index (χ3n) is 3.66. The summed E-state index contributed by atoms with van der Waals surface area (Å²) in [6, 6.07) is 9.36. The number of hydrogen-bond acceptors (Lipinski definition) is 4. The molecule has 122 valence electrons. The summed E-state index contributed by atoms with van der Waals surface area (Å²) in [7, 11) is 0. The molecule has 0 saturated heterocycles. The minimum Gasteiger partial charge on any atom is -0.485 e. The molecule has 0 saturated carbocycles. The normalized spacial score (nSPS) is 14.5. The molecule has 0 spiro atoms. The molecule has 5 heteroatoms. The summed E-state index contributed by atoms with van der Waals surface area (Å²) in [6.07, 6.45) is 1.38. The molecule has 0 aliphatic carbocycles. The molecule has 0 fully saturated rings. The van der Waals surface area contributed by atoms with Gasteiger partial charge in [-0.2, -0.15) is 0 Å². The van der Waals surface area contributed by atoms with Gasteiger partial charge >= 0.3 is 0 Å². The second kappa shape index (κ2) is 6.28. The Bertz CT molecular complexity index is 868. The smallest absolute Gasteiger partial charge is 0.231 e. The molecule has 0 amide bonds. The van der Waals surface area contributed by atoms with Gasteiger partial charge in [0.25, 0.3) is 0 Å². The highest BCUT2D eigenvalue weighted by Gasteiger charge is 2.30. The Balaban J connectivity index is 1.94. The lowest BCUT2D eigenvalue weighted by atomic mass is 10.1. The van der Waals surface area contributed by atoms with E-state index in [-0.39, 0.29) is 29.5 Å². The third-order valence-corrected chi connectivity index (χ3v) is 3.66. The van der Waals surface area contributed by atoms with Crippen LogP contribution in [0.4, 0.5) is 4.39 Å². The van der Waals surface area contributed by atoms with Crippen LogP contribution in [-0.4, -0.2) is 18.2 Å². The Morgan fingerprint density at radius 1 is 1.25 bits per heavy atom. The van der Waals surface area contributed by atoms with E-state index in [1.807, 2.05) is 0 Å². The molecule has 0 bridgehead atoms. The molecule has 0 aromatic heterocycles. The molecule has 0 radical (unpaired) electrons. The van der Waals surface area contributed by atoms with Crippen molar-refractivity contribution in [2.75, 3.05) is 6.61 Å². The summed E-state index contributed by atoms with van der Waals surface area (Å²) in [4.78, 5) is 23.5. The number of ketones is 2. The predicted octanol–water partition coefficient (Wildman–Crippen LogP) is 3.72. The van der Waals surface area contributed by atoms with Crippen LogP contribution in [0.5, 0.6) is 11.5 Å². The van der Waals surface area contributed by atoms with Crippen LogP contribution in [0.15, 0.2) is 42.2 Å². The van der Waals surface area contributed by atoms with Crippen LogP contribution < -0.4 is 9.47 Å². The summed E-state index contributed by atoms with van der Waals surface area (Å²) in [5.41, 5.74) is 1.30.